The first kappa shape index (κ1) is 30.3. The highest BCUT2D eigenvalue weighted by molar-refractivity contribution is 6.04. The zero-order valence-corrected chi connectivity index (χ0v) is 25.1. The van der Waals surface area contributed by atoms with Crippen molar-refractivity contribution in [2.45, 2.75) is 59.7 Å². The molecule has 0 bridgehead atoms. The minimum absolute atomic E-state index is 0.234. The first-order valence-corrected chi connectivity index (χ1v) is 14.3. The van der Waals surface area contributed by atoms with Crippen LogP contribution in [0.2, 0.25) is 0 Å². The van der Waals surface area contributed by atoms with Gasteiger partial charge in [0.15, 0.2) is 0 Å². The van der Waals surface area contributed by atoms with E-state index in [4.69, 9.17) is 0 Å². The third-order valence-electron chi connectivity index (χ3n) is 7.49. The van der Waals surface area contributed by atoms with Crippen LogP contribution in [0, 0.1) is 20.8 Å². The molecular weight excluding hydrogens is 522 g/mol. The zero-order chi connectivity index (χ0) is 30.4. The number of carbonyl (C=O) groups excluding carboxylic acids is 3. The van der Waals surface area contributed by atoms with Crippen LogP contribution in [0.4, 0.5) is 0 Å². The lowest BCUT2D eigenvalue weighted by Crippen LogP contribution is -2.31. The van der Waals surface area contributed by atoms with Crippen LogP contribution in [0.3, 0.4) is 0 Å². The van der Waals surface area contributed by atoms with Gasteiger partial charge in [0.2, 0.25) is 0 Å². The van der Waals surface area contributed by atoms with Crippen molar-refractivity contribution in [1.29, 1.82) is 0 Å². The highest BCUT2D eigenvalue weighted by Gasteiger charge is 2.20. The number of benzene rings is 4. The Morgan fingerprint density at radius 1 is 0.429 bits per heavy atom. The topological polar surface area (TPSA) is 87.3 Å². The Kier molecular flexibility index (Phi) is 9.58. The molecular formula is C36H39N3O3. The predicted molar refractivity (Wildman–Crippen MR) is 168 cm³/mol. The number of nitrogens with one attached hydrogen (secondary N) is 3. The van der Waals surface area contributed by atoms with Gasteiger partial charge >= 0.3 is 0 Å². The van der Waals surface area contributed by atoms with Crippen molar-refractivity contribution in [3.8, 4) is 0 Å². The first-order chi connectivity index (χ1) is 20.0. The minimum atomic E-state index is -0.370. The van der Waals surface area contributed by atoms with Gasteiger partial charge in [-0.25, -0.2) is 0 Å². The number of rotatable bonds is 9. The third kappa shape index (κ3) is 7.72. The molecule has 3 amide bonds. The minimum Gasteiger partial charge on any atom is -0.346 e. The van der Waals surface area contributed by atoms with Crippen molar-refractivity contribution < 1.29 is 14.4 Å². The Bertz CT molecular complexity index is 1360. The van der Waals surface area contributed by atoms with Crippen molar-refractivity contribution >= 4 is 17.7 Å². The molecule has 0 radical (unpaired) electrons. The van der Waals surface area contributed by atoms with E-state index in [1.165, 1.54) is 18.2 Å². The van der Waals surface area contributed by atoms with E-state index >= 15 is 0 Å². The van der Waals surface area contributed by atoms with E-state index in [1.807, 2.05) is 114 Å². The predicted octanol–water partition coefficient (Wildman–Crippen LogP) is 7.08. The second-order valence-electron chi connectivity index (χ2n) is 11.1. The number of aryl methyl sites for hydroxylation is 3. The highest BCUT2D eigenvalue weighted by Crippen LogP contribution is 2.20. The van der Waals surface area contributed by atoms with Gasteiger partial charge in [-0.1, -0.05) is 89.5 Å². The van der Waals surface area contributed by atoms with Gasteiger partial charge in [-0.2, -0.15) is 0 Å². The fourth-order valence-electron chi connectivity index (χ4n) is 4.68. The molecule has 0 heterocycles. The van der Waals surface area contributed by atoms with Crippen LogP contribution in [-0.4, -0.2) is 17.7 Å². The van der Waals surface area contributed by atoms with Crippen LogP contribution in [0.1, 0.15) is 103 Å². The van der Waals surface area contributed by atoms with Crippen molar-refractivity contribution in [1.82, 2.24) is 16.0 Å². The molecule has 216 valence electrons. The van der Waals surface area contributed by atoms with E-state index in [0.717, 1.165) is 33.4 Å². The van der Waals surface area contributed by atoms with E-state index in [1.54, 1.807) is 0 Å². The van der Waals surface area contributed by atoms with Crippen molar-refractivity contribution in [3.63, 3.8) is 0 Å². The van der Waals surface area contributed by atoms with Gasteiger partial charge < -0.3 is 16.0 Å². The van der Waals surface area contributed by atoms with Gasteiger partial charge in [0.1, 0.15) is 0 Å². The van der Waals surface area contributed by atoms with Gasteiger partial charge in [-0.15, -0.1) is 0 Å². The molecule has 0 aromatic heterocycles. The second-order valence-corrected chi connectivity index (χ2v) is 11.1. The summed E-state index contributed by atoms with van der Waals surface area (Å²) in [4.78, 5) is 40.3. The van der Waals surface area contributed by atoms with E-state index < -0.39 is 0 Å². The lowest BCUT2D eigenvalue weighted by atomic mass is 10.0. The van der Waals surface area contributed by atoms with E-state index in [0.29, 0.717) is 0 Å². The average Bonchev–Trinajstić information content (AvgIpc) is 2.97. The molecule has 4 aromatic rings. The Hall–Kier alpha value is -4.71. The lowest BCUT2D eigenvalue weighted by Gasteiger charge is -2.18. The van der Waals surface area contributed by atoms with Crippen LogP contribution < -0.4 is 16.0 Å². The first-order valence-electron chi connectivity index (χ1n) is 14.3. The van der Waals surface area contributed by atoms with Gasteiger partial charge in [-0.3, -0.25) is 14.4 Å². The molecule has 4 aromatic carbocycles. The van der Waals surface area contributed by atoms with E-state index in [2.05, 4.69) is 16.0 Å². The average molecular weight is 562 g/mol. The van der Waals surface area contributed by atoms with Crippen LogP contribution >= 0.6 is 0 Å². The van der Waals surface area contributed by atoms with Gasteiger partial charge in [-0.05, 0) is 76.4 Å². The summed E-state index contributed by atoms with van der Waals surface area (Å²) < 4.78 is 0. The number of carbonyl (C=O) groups is 3. The van der Waals surface area contributed by atoms with Crippen LogP contribution in [0.5, 0.6) is 0 Å². The fraction of sp³-hybridized carbons (Fsp3) is 0.250. The summed E-state index contributed by atoms with van der Waals surface area (Å²) in [5, 5.41) is 9.02. The van der Waals surface area contributed by atoms with Gasteiger partial charge in [0, 0.05) is 16.7 Å². The van der Waals surface area contributed by atoms with Crippen molar-refractivity contribution in [2.24, 2.45) is 0 Å². The number of hydrogen-bond acceptors (Lipinski definition) is 3. The summed E-state index contributed by atoms with van der Waals surface area (Å²) >= 11 is 0. The monoisotopic (exact) mass is 561 g/mol. The van der Waals surface area contributed by atoms with E-state index in [9.17, 15) is 14.4 Å². The van der Waals surface area contributed by atoms with Crippen molar-refractivity contribution in [2.75, 3.05) is 0 Å². The van der Waals surface area contributed by atoms with E-state index in [-0.39, 0.29) is 52.5 Å². The molecule has 0 fully saturated rings. The SMILES string of the molecule is Cc1ccc([C@@H](C)NC(=O)c2cc(C(=O)N[C@H](C)c3ccc(C)cc3)cc(C(=O)N[C@H](C)c3ccc(C)cc3)c2)cc1. The molecule has 0 unspecified atom stereocenters. The Labute approximate surface area is 248 Å². The Morgan fingerprint density at radius 3 is 0.857 bits per heavy atom. The third-order valence-corrected chi connectivity index (χ3v) is 7.49. The summed E-state index contributed by atoms with van der Waals surface area (Å²) in [6, 6.07) is 27.6. The standard InChI is InChI=1S/C36H39N3O3/c1-22-7-13-28(14-8-22)25(4)37-34(40)31-19-32(35(41)38-26(5)29-15-9-23(2)10-16-29)21-33(20-31)36(42)39-27(6)30-17-11-24(3)12-18-30/h7-21,25-27H,1-6H3,(H,37,40)(H,38,41)(H,39,42)/t25-,26-,27-/m1/s1. The van der Waals surface area contributed by atoms with Crippen LogP contribution in [-0.2, 0) is 0 Å². The molecule has 3 N–H and O–H groups in total. The molecule has 0 saturated carbocycles. The largest absolute Gasteiger partial charge is 0.346 e. The molecule has 6 heteroatoms. The summed E-state index contributed by atoms with van der Waals surface area (Å²) in [5.41, 5.74) is 6.97. The number of amides is 3. The van der Waals surface area contributed by atoms with Gasteiger partial charge in [0.05, 0.1) is 18.1 Å². The van der Waals surface area contributed by atoms with Crippen LogP contribution in [0.15, 0.2) is 91.0 Å². The molecule has 3 atom stereocenters. The Morgan fingerprint density at radius 2 is 0.643 bits per heavy atom. The zero-order valence-electron chi connectivity index (χ0n) is 25.1. The summed E-state index contributed by atoms with van der Waals surface area (Å²) in [6.07, 6.45) is 0. The molecule has 0 aliphatic rings. The summed E-state index contributed by atoms with van der Waals surface area (Å²) in [5.74, 6) is -1.11. The van der Waals surface area contributed by atoms with Crippen molar-refractivity contribution in [3.05, 3.63) is 141 Å². The second kappa shape index (κ2) is 13.3. The summed E-state index contributed by atoms with van der Waals surface area (Å²) in [6.45, 7) is 11.7. The smallest absolute Gasteiger partial charge is 0.251 e. The quantitative estimate of drug-likeness (QED) is 0.204. The fourth-order valence-corrected chi connectivity index (χ4v) is 4.68. The highest BCUT2D eigenvalue weighted by atomic mass is 16.2. The molecule has 0 saturated heterocycles. The molecule has 4 rings (SSSR count). The van der Waals surface area contributed by atoms with Crippen LogP contribution in [0.25, 0.3) is 0 Å². The maximum Gasteiger partial charge on any atom is 0.251 e. The molecule has 6 nitrogen and oxygen atoms in total. The maximum absolute atomic E-state index is 13.4. The summed E-state index contributed by atoms with van der Waals surface area (Å²) in [7, 11) is 0. The maximum atomic E-state index is 13.4. The molecule has 42 heavy (non-hydrogen) atoms. The molecule has 0 spiro atoms. The normalized spacial score (nSPS) is 13.0. The molecule has 0 aliphatic heterocycles. The van der Waals surface area contributed by atoms with Gasteiger partial charge in [0.25, 0.3) is 17.7 Å². The Balaban J connectivity index is 1.60. The number of hydrogen-bond donors (Lipinski definition) is 3. The lowest BCUT2D eigenvalue weighted by molar-refractivity contribution is 0.0939. The molecule has 0 aliphatic carbocycles.